The second-order valence-corrected chi connectivity index (χ2v) is 2.80. The molecule has 0 aliphatic carbocycles. The second-order valence-electron chi connectivity index (χ2n) is 2.80. The molecular formula is C7H13Cl2N3. The predicted octanol–water partition coefficient (Wildman–Crippen LogP) is 0.950. The molecule has 1 aromatic heterocycles. The molecule has 2 rings (SSSR count). The van der Waals surface area contributed by atoms with Crippen molar-refractivity contribution in [2.75, 3.05) is 13.1 Å². The highest BCUT2D eigenvalue weighted by molar-refractivity contribution is 5.85. The summed E-state index contributed by atoms with van der Waals surface area (Å²) in [6, 6.07) is 0. The average Bonchev–Trinajstić information content (AvgIpc) is 2.10. The van der Waals surface area contributed by atoms with Crippen molar-refractivity contribution in [3.05, 3.63) is 18.0 Å². The van der Waals surface area contributed by atoms with E-state index in [0.717, 1.165) is 13.1 Å². The van der Waals surface area contributed by atoms with Crippen LogP contribution in [0.5, 0.6) is 0 Å². The zero-order valence-electron chi connectivity index (χ0n) is 6.86. The molecule has 70 valence electrons. The third-order valence-corrected chi connectivity index (χ3v) is 1.98. The van der Waals surface area contributed by atoms with Gasteiger partial charge in [0.25, 0.3) is 0 Å². The average molecular weight is 210 g/mol. The SMILES string of the molecule is Cl.Cl.Cn1cc(C2CNC2)cn1. The van der Waals surface area contributed by atoms with Crippen LogP contribution in [0.2, 0.25) is 0 Å². The van der Waals surface area contributed by atoms with Gasteiger partial charge in [-0.05, 0) is 5.56 Å². The Kier molecular flexibility index (Phi) is 4.60. The van der Waals surface area contributed by atoms with E-state index in [-0.39, 0.29) is 24.8 Å². The summed E-state index contributed by atoms with van der Waals surface area (Å²) in [7, 11) is 1.95. The molecule has 0 unspecified atom stereocenters. The van der Waals surface area contributed by atoms with E-state index >= 15 is 0 Å². The highest BCUT2D eigenvalue weighted by atomic mass is 35.5. The fourth-order valence-electron chi connectivity index (χ4n) is 1.18. The molecule has 1 aliphatic heterocycles. The van der Waals surface area contributed by atoms with E-state index in [1.54, 1.807) is 0 Å². The third kappa shape index (κ3) is 2.12. The lowest BCUT2D eigenvalue weighted by molar-refractivity contribution is 0.448. The Morgan fingerprint density at radius 1 is 1.50 bits per heavy atom. The fraction of sp³-hybridized carbons (Fsp3) is 0.571. The zero-order valence-corrected chi connectivity index (χ0v) is 8.49. The Bertz CT molecular complexity index is 232. The van der Waals surface area contributed by atoms with E-state index in [9.17, 15) is 0 Å². The lowest BCUT2D eigenvalue weighted by atomic mass is 9.97. The van der Waals surface area contributed by atoms with Crippen molar-refractivity contribution in [3.8, 4) is 0 Å². The van der Waals surface area contributed by atoms with Gasteiger partial charge >= 0.3 is 0 Å². The van der Waals surface area contributed by atoms with E-state index in [4.69, 9.17) is 0 Å². The molecule has 0 spiro atoms. The van der Waals surface area contributed by atoms with Crippen LogP contribution in [0, 0.1) is 0 Å². The molecule has 2 heterocycles. The lowest BCUT2D eigenvalue weighted by Crippen LogP contribution is -2.39. The second kappa shape index (κ2) is 4.70. The van der Waals surface area contributed by atoms with Gasteiger partial charge in [0, 0.05) is 32.3 Å². The molecule has 1 fully saturated rings. The number of hydrogen-bond acceptors (Lipinski definition) is 2. The molecule has 1 aliphatic rings. The summed E-state index contributed by atoms with van der Waals surface area (Å²) in [5.74, 6) is 0.716. The van der Waals surface area contributed by atoms with Crippen molar-refractivity contribution in [3.63, 3.8) is 0 Å². The van der Waals surface area contributed by atoms with Crippen molar-refractivity contribution in [1.82, 2.24) is 15.1 Å². The quantitative estimate of drug-likeness (QED) is 0.747. The van der Waals surface area contributed by atoms with Gasteiger partial charge in [0.05, 0.1) is 6.20 Å². The predicted molar refractivity (Wildman–Crippen MR) is 53.3 cm³/mol. The Labute approximate surface area is 84.3 Å². The van der Waals surface area contributed by atoms with Gasteiger partial charge in [0.15, 0.2) is 0 Å². The monoisotopic (exact) mass is 209 g/mol. The maximum Gasteiger partial charge on any atom is 0.0525 e. The van der Waals surface area contributed by atoms with E-state index in [0.29, 0.717) is 5.92 Å². The van der Waals surface area contributed by atoms with Crippen molar-refractivity contribution in [2.24, 2.45) is 7.05 Å². The molecule has 3 nitrogen and oxygen atoms in total. The Morgan fingerprint density at radius 3 is 2.50 bits per heavy atom. The molecule has 0 atom stereocenters. The number of nitrogens with zero attached hydrogens (tertiary/aromatic N) is 2. The summed E-state index contributed by atoms with van der Waals surface area (Å²) in [4.78, 5) is 0. The zero-order chi connectivity index (χ0) is 6.97. The lowest BCUT2D eigenvalue weighted by Gasteiger charge is -2.25. The number of halogens is 2. The van der Waals surface area contributed by atoms with Crippen molar-refractivity contribution >= 4 is 24.8 Å². The minimum Gasteiger partial charge on any atom is -0.315 e. The summed E-state index contributed by atoms with van der Waals surface area (Å²) >= 11 is 0. The number of nitrogens with one attached hydrogen (secondary N) is 1. The maximum absolute atomic E-state index is 4.11. The minimum absolute atomic E-state index is 0. The Hall–Kier alpha value is -0.250. The third-order valence-electron chi connectivity index (χ3n) is 1.98. The topological polar surface area (TPSA) is 29.9 Å². The molecular weight excluding hydrogens is 197 g/mol. The van der Waals surface area contributed by atoms with Gasteiger partial charge in [-0.25, -0.2) is 0 Å². The van der Waals surface area contributed by atoms with E-state index in [2.05, 4.69) is 16.6 Å². The Morgan fingerprint density at radius 2 is 2.17 bits per heavy atom. The molecule has 12 heavy (non-hydrogen) atoms. The molecule has 0 radical (unpaired) electrons. The highest BCUT2D eigenvalue weighted by Crippen LogP contribution is 2.17. The summed E-state index contributed by atoms with van der Waals surface area (Å²) in [6.07, 6.45) is 4.04. The number of rotatable bonds is 1. The number of aryl methyl sites for hydroxylation is 1. The van der Waals surface area contributed by atoms with Crippen LogP contribution >= 0.6 is 24.8 Å². The largest absolute Gasteiger partial charge is 0.315 e. The minimum atomic E-state index is 0. The van der Waals surface area contributed by atoms with Crippen molar-refractivity contribution in [1.29, 1.82) is 0 Å². The first-order valence-corrected chi connectivity index (χ1v) is 3.55. The first kappa shape index (κ1) is 11.8. The molecule has 1 saturated heterocycles. The number of aromatic nitrogens is 2. The normalized spacial score (nSPS) is 15.8. The fourth-order valence-corrected chi connectivity index (χ4v) is 1.18. The van der Waals surface area contributed by atoms with Crippen LogP contribution in [-0.4, -0.2) is 22.9 Å². The first-order valence-electron chi connectivity index (χ1n) is 3.55. The number of hydrogen-bond donors (Lipinski definition) is 1. The van der Waals surface area contributed by atoms with Gasteiger partial charge < -0.3 is 5.32 Å². The summed E-state index contributed by atoms with van der Waals surface area (Å²) in [5.41, 5.74) is 1.36. The smallest absolute Gasteiger partial charge is 0.0525 e. The Balaban J connectivity index is 0.000000605. The maximum atomic E-state index is 4.11. The van der Waals surface area contributed by atoms with Gasteiger partial charge in [-0.2, -0.15) is 5.10 Å². The molecule has 0 amide bonds. The van der Waals surface area contributed by atoms with Crippen LogP contribution in [0.4, 0.5) is 0 Å². The van der Waals surface area contributed by atoms with Crippen molar-refractivity contribution < 1.29 is 0 Å². The molecule has 0 saturated carbocycles. The van der Waals surface area contributed by atoms with Gasteiger partial charge in [-0.3, -0.25) is 4.68 Å². The van der Waals surface area contributed by atoms with E-state index in [1.165, 1.54) is 5.56 Å². The van der Waals surface area contributed by atoms with Gasteiger partial charge in [-0.15, -0.1) is 24.8 Å². The molecule has 5 heteroatoms. The molecule has 0 aromatic carbocycles. The van der Waals surface area contributed by atoms with Crippen molar-refractivity contribution in [2.45, 2.75) is 5.92 Å². The van der Waals surface area contributed by atoms with Crippen LogP contribution in [-0.2, 0) is 7.05 Å². The molecule has 1 N–H and O–H groups in total. The van der Waals surface area contributed by atoms with Crippen LogP contribution < -0.4 is 5.32 Å². The first-order chi connectivity index (χ1) is 4.86. The summed E-state index contributed by atoms with van der Waals surface area (Å²) < 4.78 is 1.85. The van der Waals surface area contributed by atoms with Gasteiger partial charge in [-0.1, -0.05) is 0 Å². The summed E-state index contributed by atoms with van der Waals surface area (Å²) in [6.45, 7) is 2.23. The highest BCUT2D eigenvalue weighted by Gasteiger charge is 2.19. The van der Waals surface area contributed by atoms with E-state index < -0.39 is 0 Å². The van der Waals surface area contributed by atoms with Crippen LogP contribution in [0.1, 0.15) is 11.5 Å². The van der Waals surface area contributed by atoms with Crippen LogP contribution in [0.15, 0.2) is 12.4 Å². The van der Waals surface area contributed by atoms with Gasteiger partial charge in [0.2, 0.25) is 0 Å². The standard InChI is InChI=1S/C7H11N3.2ClH/c1-10-5-7(4-9-10)6-2-8-3-6;;/h4-6,8H,2-3H2,1H3;2*1H. The molecule has 1 aromatic rings. The van der Waals surface area contributed by atoms with E-state index in [1.807, 2.05) is 17.9 Å². The van der Waals surface area contributed by atoms with Gasteiger partial charge in [0.1, 0.15) is 0 Å². The van der Waals surface area contributed by atoms with Crippen LogP contribution in [0.3, 0.4) is 0 Å². The van der Waals surface area contributed by atoms with Crippen LogP contribution in [0.25, 0.3) is 0 Å². The molecule has 0 bridgehead atoms. The summed E-state index contributed by atoms with van der Waals surface area (Å²) in [5, 5.41) is 7.34.